The third kappa shape index (κ3) is 3.49. The molecule has 0 saturated heterocycles. The van der Waals surface area contributed by atoms with Crippen LogP contribution in [0.5, 0.6) is 0 Å². The van der Waals surface area contributed by atoms with E-state index in [1.54, 1.807) is 31.3 Å². The Morgan fingerprint density at radius 1 is 0.913 bits per heavy atom. The molecule has 3 aromatic rings. The number of rotatable bonds is 3. The van der Waals surface area contributed by atoms with Crippen molar-refractivity contribution in [2.45, 2.75) is 0 Å². The first-order chi connectivity index (χ1) is 11.2. The number of hydrogen-bond donors (Lipinski definition) is 3. The van der Waals surface area contributed by atoms with E-state index in [9.17, 15) is 9.59 Å². The number of carbonyl (C=O) groups excluding carboxylic acids is 2. The van der Waals surface area contributed by atoms with Gasteiger partial charge in [-0.15, -0.1) is 11.3 Å². The van der Waals surface area contributed by atoms with Crippen molar-refractivity contribution in [3.05, 3.63) is 59.5 Å². The van der Waals surface area contributed by atoms with Gasteiger partial charge in [0.05, 0.1) is 4.88 Å². The van der Waals surface area contributed by atoms with Gasteiger partial charge in [0.25, 0.3) is 5.91 Å². The molecule has 3 amide bonds. The van der Waals surface area contributed by atoms with Gasteiger partial charge < -0.3 is 16.0 Å². The van der Waals surface area contributed by atoms with Crippen molar-refractivity contribution in [2.24, 2.45) is 0 Å². The summed E-state index contributed by atoms with van der Waals surface area (Å²) >= 11 is 1.45. The van der Waals surface area contributed by atoms with E-state index in [4.69, 9.17) is 0 Å². The summed E-state index contributed by atoms with van der Waals surface area (Å²) in [7, 11) is 1.54. The fourth-order valence-electron chi connectivity index (χ4n) is 2.15. The highest BCUT2D eigenvalue weighted by atomic mass is 32.1. The van der Waals surface area contributed by atoms with Gasteiger partial charge >= 0.3 is 6.03 Å². The van der Waals surface area contributed by atoms with E-state index in [1.165, 1.54) is 11.3 Å². The van der Waals surface area contributed by atoms with Crippen molar-refractivity contribution >= 4 is 44.7 Å². The molecule has 0 unspecified atom stereocenters. The maximum atomic E-state index is 12.4. The van der Waals surface area contributed by atoms with Gasteiger partial charge in [-0.1, -0.05) is 24.3 Å². The second-order valence-electron chi connectivity index (χ2n) is 4.89. The molecule has 0 radical (unpaired) electrons. The zero-order chi connectivity index (χ0) is 16.2. The molecule has 0 saturated carbocycles. The largest absolute Gasteiger partial charge is 0.341 e. The average Bonchev–Trinajstić information content (AvgIpc) is 2.99. The maximum absolute atomic E-state index is 12.4. The van der Waals surface area contributed by atoms with Gasteiger partial charge in [-0.05, 0) is 35.7 Å². The van der Waals surface area contributed by atoms with E-state index in [-0.39, 0.29) is 11.9 Å². The normalized spacial score (nSPS) is 10.3. The number of benzene rings is 2. The average molecular weight is 325 g/mol. The van der Waals surface area contributed by atoms with E-state index < -0.39 is 0 Å². The van der Waals surface area contributed by atoms with Crippen molar-refractivity contribution in [3.63, 3.8) is 0 Å². The molecule has 2 aromatic carbocycles. The molecule has 6 heteroatoms. The molecule has 0 atom stereocenters. The quantitative estimate of drug-likeness (QED) is 0.683. The molecule has 5 nitrogen and oxygen atoms in total. The van der Waals surface area contributed by atoms with Crippen molar-refractivity contribution in [3.8, 4) is 0 Å². The Labute approximate surface area is 137 Å². The van der Waals surface area contributed by atoms with Crippen LogP contribution in [0.15, 0.2) is 54.6 Å². The smallest absolute Gasteiger partial charge is 0.318 e. The van der Waals surface area contributed by atoms with Crippen LogP contribution >= 0.6 is 11.3 Å². The Morgan fingerprint density at radius 2 is 1.65 bits per heavy atom. The lowest BCUT2D eigenvalue weighted by Crippen LogP contribution is -2.24. The summed E-state index contributed by atoms with van der Waals surface area (Å²) in [5.41, 5.74) is 1.24. The van der Waals surface area contributed by atoms with Gasteiger partial charge in [0.2, 0.25) is 0 Å². The summed E-state index contributed by atoms with van der Waals surface area (Å²) < 4.78 is 1.08. The third-order valence-electron chi connectivity index (χ3n) is 3.25. The van der Waals surface area contributed by atoms with Crippen molar-refractivity contribution in [2.75, 3.05) is 17.7 Å². The van der Waals surface area contributed by atoms with Crippen LogP contribution in [0.3, 0.4) is 0 Å². The number of urea groups is 1. The van der Waals surface area contributed by atoms with E-state index in [1.807, 2.05) is 30.3 Å². The van der Waals surface area contributed by atoms with Crippen LogP contribution in [0, 0.1) is 0 Å². The number of thiophene rings is 1. The standard InChI is InChI=1S/C17H15N3O2S/c1-18-17(22)20-13-7-4-6-12(10-13)19-16(21)15-9-11-5-2-3-8-14(11)23-15/h2-10H,1H3,(H,19,21)(H2,18,20,22). The zero-order valence-corrected chi connectivity index (χ0v) is 13.2. The molecule has 3 N–H and O–H groups in total. The minimum atomic E-state index is -0.307. The SMILES string of the molecule is CNC(=O)Nc1cccc(NC(=O)c2cc3ccccc3s2)c1. The van der Waals surface area contributed by atoms with Crippen LogP contribution in [-0.2, 0) is 0 Å². The first-order valence-electron chi connectivity index (χ1n) is 7.04. The highest BCUT2D eigenvalue weighted by Crippen LogP contribution is 2.26. The van der Waals surface area contributed by atoms with Gasteiger partial charge in [0.15, 0.2) is 0 Å². The Morgan fingerprint density at radius 3 is 2.39 bits per heavy atom. The molecule has 0 aliphatic rings. The summed E-state index contributed by atoms with van der Waals surface area (Å²) in [5.74, 6) is -0.164. The second-order valence-corrected chi connectivity index (χ2v) is 5.97. The Hall–Kier alpha value is -2.86. The number of anilines is 2. The van der Waals surface area contributed by atoms with Crippen LogP contribution < -0.4 is 16.0 Å². The summed E-state index contributed by atoms with van der Waals surface area (Å²) in [5, 5.41) is 9.05. The maximum Gasteiger partial charge on any atom is 0.318 e. The number of nitrogens with one attached hydrogen (secondary N) is 3. The van der Waals surface area contributed by atoms with Crippen LogP contribution in [0.25, 0.3) is 10.1 Å². The minimum absolute atomic E-state index is 0.164. The number of hydrogen-bond acceptors (Lipinski definition) is 3. The fourth-order valence-corrected chi connectivity index (χ4v) is 3.11. The van der Waals surface area contributed by atoms with Crippen LogP contribution in [0.1, 0.15) is 9.67 Å². The molecule has 0 aliphatic heterocycles. The molecule has 0 aliphatic carbocycles. The number of amides is 3. The van der Waals surface area contributed by atoms with Gasteiger partial charge in [-0.3, -0.25) is 4.79 Å². The van der Waals surface area contributed by atoms with Crippen molar-refractivity contribution in [1.29, 1.82) is 0 Å². The molecule has 3 rings (SSSR count). The van der Waals surface area contributed by atoms with Crippen molar-refractivity contribution < 1.29 is 9.59 Å². The van der Waals surface area contributed by atoms with E-state index in [2.05, 4.69) is 16.0 Å². The van der Waals surface area contributed by atoms with Crippen LogP contribution in [-0.4, -0.2) is 19.0 Å². The highest BCUT2D eigenvalue weighted by Gasteiger charge is 2.10. The molecular weight excluding hydrogens is 310 g/mol. The van der Waals surface area contributed by atoms with Gasteiger partial charge in [-0.25, -0.2) is 4.79 Å². The lowest BCUT2D eigenvalue weighted by molar-refractivity contribution is 0.103. The third-order valence-corrected chi connectivity index (χ3v) is 4.37. The Kier molecular flexibility index (Phi) is 4.25. The van der Waals surface area contributed by atoms with Crippen LogP contribution in [0.4, 0.5) is 16.2 Å². The highest BCUT2D eigenvalue weighted by molar-refractivity contribution is 7.20. The Balaban J connectivity index is 1.77. The van der Waals surface area contributed by atoms with E-state index in [0.29, 0.717) is 16.3 Å². The number of fused-ring (bicyclic) bond motifs is 1. The van der Waals surface area contributed by atoms with Crippen molar-refractivity contribution in [1.82, 2.24) is 5.32 Å². The monoisotopic (exact) mass is 325 g/mol. The molecule has 1 aromatic heterocycles. The first kappa shape index (κ1) is 15.1. The summed E-state index contributed by atoms with van der Waals surface area (Å²) in [6, 6.07) is 16.5. The second kappa shape index (κ2) is 6.50. The predicted octanol–water partition coefficient (Wildman–Crippen LogP) is 3.90. The zero-order valence-electron chi connectivity index (χ0n) is 12.4. The van der Waals surface area contributed by atoms with Crippen LogP contribution in [0.2, 0.25) is 0 Å². The molecule has 1 heterocycles. The van der Waals surface area contributed by atoms with Gasteiger partial charge in [0, 0.05) is 23.1 Å². The van der Waals surface area contributed by atoms with Gasteiger partial charge in [0.1, 0.15) is 0 Å². The lowest BCUT2D eigenvalue weighted by Gasteiger charge is -2.07. The Bertz CT molecular complexity index is 840. The molecule has 0 fully saturated rings. The van der Waals surface area contributed by atoms with Gasteiger partial charge in [-0.2, -0.15) is 0 Å². The predicted molar refractivity (Wildman–Crippen MR) is 94.3 cm³/mol. The number of carbonyl (C=O) groups is 2. The summed E-state index contributed by atoms with van der Waals surface area (Å²) in [6.45, 7) is 0. The topological polar surface area (TPSA) is 70.2 Å². The molecule has 0 spiro atoms. The molecule has 23 heavy (non-hydrogen) atoms. The molecular formula is C17H15N3O2S. The van der Waals surface area contributed by atoms with E-state index >= 15 is 0 Å². The summed E-state index contributed by atoms with van der Waals surface area (Å²) in [6.07, 6.45) is 0. The molecule has 116 valence electrons. The first-order valence-corrected chi connectivity index (χ1v) is 7.86. The summed E-state index contributed by atoms with van der Waals surface area (Å²) in [4.78, 5) is 24.3. The lowest BCUT2D eigenvalue weighted by atomic mass is 10.2. The minimum Gasteiger partial charge on any atom is -0.341 e. The molecule has 0 bridgehead atoms. The fraction of sp³-hybridized carbons (Fsp3) is 0.0588. The van der Waals surface area contributed by atoms with E-state index in [0.717, 1.165) is 10.1 Å².